The Balaban J connectivity index is 0.00000161. The van der Waals surface area contributed by atoms with Gasteiger partial charge in [-0.2, -0.15) is 0 Å². The second-order valence-electron chi connectivity index (χ2n) is 4.52. The second kappa shape index (κ2) is 6.83. The molecule has 0 saturated carbocycles. The number of halogens is 2. The summed E-state index contributed by atoms with van der Waals surface area (Å²) in [6.07, 6.45) is 5.52. The first kappa shape index (κ1) is 15.7. The molecule has 1 aromatic carbocycles. The topological polar surface area (TPSA) is 38.8 Å². The predicted molar refractivity (Wildman–Crippen MR) is 77.7 cm³/mol. The summed E-state index contributed by atoms with van der Waals surface area (Å²) in [5.41, 5.74) is 0.608. The summed E-state index contributed by atoms with van der Waals surface area (Å²) < 4.78 is 3.63. The van der Waals surface area contributed by atoms with Gasteiger partial charge in [-0.15, -0.1) is 0 Å². The van der Waals surface area contributed by atoms with Crippen molar-refractivity contribution < 1.29 is 21.5 Å². The zero-order chi connectivity index (χ0) is 13.9. The van der Waals surface area contributed by atoms with E-state index in [0.717, 1.165) is 0 Å². The molecule has 0 spiro atoms. The van der Waals surface area contributed by atoms with Crippen LogP contribution in [0.4, 0.5) is 0 Å². The highest BCUT2D eigenvalue weighted by atomic mass is 79.9. The number of rotatable bonds is 3. The van der Waals surface area contributed by atoms with Gasteiger partial charge in [-0.3, -0.25) is 9.36 Å². The van der Waals surface area contributed by atoms with Crippen molar-refractivity contribution in [1.29, 1.82) is 0 Å². The lowest BCUT2D eigenvalue weighted by Gasteiger charge is -2.04. The number of hydrogen-bond donors (Lipinski definition) is 0. The maximum absolute atomic E-state index is 12.4. The van der Waals surface area contributed by atoms with Gasteiger partial charge in [0.2, 0.25) is 0 Å². The van der Waals surface area contributed by atoms with Crippen molar-refractivity contribution in [1.82, 2.24) is 9.55 Å². The Morgan fingerprint density at radius 1 is 1.19 bits per heavy atom. The first-order valence-electron chi connectivity index (χ1n) is 6.33. The van der Waals surface area contributed by atoms with Gasteiger partial charge in [0.1, 0.15) is 0 Å². The Bertz CT molecular complexity index is 805. The highest BCUT2D eigenvalue weighted by Gasteiger charge is 2.06. The summed E-state index contributed by atoms with van der Waals surface area (Å²) >= 11 is 5.94. The lowest BCUT2D eigenvalue weighted by molar-refractivity contribution is -0.698. The fourth-order valence-electron chi connectivity index (χ4n) is 2.10. The van der Waals surface area contributed by atoms with Gasteiger partial charge in [-0.05, 0) is 18.2 Å². The third kappa shape index (κ3) is 3.49. The summed E-state index contributed by atoms with van der Waals surface area (Å²) in [7, 11) is 0. The first-order valence-corrected chi connectivity index (χ1v) is 6.70. The van der Waals surface area contributed by atoms with Crippen LogP contribution in [0, 0.1) is 0 Å². The van der Waals surface area contributed by atoms with E-state index in [1.807, 2.05) is 35.2 Å². The number of hydrogen-bond acceptors (Lipinski definition) is 2. The minimum Gasteiger partial charge on any atom is -1.00 e. The van der Waals surface area contributed by atoms with E-state index in [0.29, 0.717) is 29.0 Å². The van der Waals surface area contributed by atoms with E-state index < -0.39 is 0 Å². The van der Waals surface area contributed by atoms with Crippen LogP contribution in [-0.2, 0) is 13.1 Å². The van der Waals surface area contributed by atoms with Gasteiger partial charge in [0, 0.05) is 17.2 Å². The lowest BCUT2D eigenvalue weighted by atomic mass is 10.2. The smallest absolute Gasteiger partial charge is 0.261 e. The molecule has 21 heavy (non-hydrogen) atoms. The molecule has 6 heteroatoms. The average Bonchev–Trinajstić information content (AvgIpc) is 2.48. The van der Waals surface area contributed by atoms with E-state index in [2.05, 4.69) is 4.98 Å². The Morgan fingerprint density at radius 3 is 2.71 bits per heavy atom. The molecule has 108 valence electrons. The standard InChI is InChI=1S/C15H13ClN3O.BrH/c16-12-4-5-14-13(10-12)15(20)19(11-17-14)9-8-18-6-2-1-3-7-18;/h1-7,10-11H,8-9H2;1H/q+1;/p-1. The normalized spacial score (nSPS) is 10.3. The van der Waals surface area contributed by atoms with E-state index in [1.54, 1.807) is 29.1 Å². The summed E-state index contributed by atoms with van der Waals surface area (Å²) in [5, 5.41) is 1.10. The summed E-state index contributed by atoms with van der Waals surface area (Å²) in [4.78, 5) is 16.6. The molecule has 0 saturated heterocycles. The minimum absolute atomic E-state index is 0. The van der Waals surface area contributed by atoms with Crippen molar-refractivity contribution in [3.8, 4) is 0 Å². The van der Waals surface area contributed by atoms with Crippen molar-refractivity contribution in [3.05, 3.63) is 70.5 Å². The van der Waals surface area contributed by atoms with Crippen LogP contribution in [0.5, 0.6) is 0 Å². The maximum atomic E-state index is 12.4. The van der Waals surface area contributed by atoms with Crippen LogP contribution in [0.15, 0.2) is 59.9 Å². The number of pyridine rings is 1. The van der Waals surface area contributed by atoms with E-state index >= 15 is 0 Å². The van der Waals surface area contributed by atoms with Crippen molar-refractivity contribution >= 4 is 22.5 Å². The lowest BCUT2D eigenvalue weighted by Crippen LogP contribution is -3.00. The first-order chi connectivity index (χ1) is 9.74. The monoisotopic (exact) mass is 365 g/mol. The predicted octanol–water partition coefficient (Wildman–Crippen LogP) is -0.958. The molecule has 0 N–H and O–H groups in total. The number of fused-ring (bicyclic) bond motifs is 1. The van der Waals surface area contributed by atoms with E-state index in [1.165, 1.54) is 0 Å². The Hall–Kier alpha value is -1.72. The molecule has 0 unspecified atom stereocenters. The molecule has 2 aromatic heterocycles. The molecule has 0 aliphatic heterocycles. The summed E-state index contributed by atoms with van der Waals surface area (Å²) in [5.74, 6) is 0. The fraction of sp³-hybridized carbons (Fsp3) is 0.133. The van der Waals surface area contributed by atoms with Crippen molar-refractivity contribution in [3.63, 3.8) is 0 Å². The van der Waals surface area contributed by atoms with Crippen molar-refractivity contribution in [2.75, 3.05) is 0 Å². The molecule has 0 bridgehead atoms. The Kier molecular flexibility index (Phi) is 5.09. The molecule has 0 amide bonds. The molecule has 3 aromatic rings. The molecule has 4 nitrogen and oxygen atoms in total. The summed E-state index contributed by atoms with van der Waals surface area (Å²) in [6, 6.07) is 11.0. The number of aromatic nitrogens is 3. The van der Waals surface area contributed by atoms with Gasteiger partial charge < -0.3 is 17.0 Å². The molecule has 2 heterocycles. The quantitative estimate of drug-likeness (QED) is 0.560. The van der Waals surface area contributed by atoms with E-state index in [-0.39, 0.29) is 22.5 Å². The molecule has 0 atom stereocenters. The zero-order valence-corrected chi connectivity index (χ0v) is 13.5. The Labute approximate surface area is 137 Å². The van der Waals surface area contributed by atoms with Crippen LogP contribution in [0.3, 0.4) is 0 Å². The molecular weight excluding hydrogens is 354 g/mol. The second-order valence-corrected chi connectivity index (χ2v) is 4.95. The SMILES string of the molecule is O=c1c2cc(Cl)ccc2ncn1CC[n+]1ccccc1.[Br-]. The van der Waals surface area contributed by atoms with Gasteiger partial charge in [-0.25, -0.2) is 9.55 Å². The van der Waals surface area contributed by atoms with Gasteiger partial charge >= 0.3 is 0 Å². The van der Waals surface area contributed by atoms with Gasteiger partial charge in [0.25, 0.3) is 5.56 Å². The number of aryl methyl sites for hydroxylation is 2. The van der Waals surface area contributed by atoms with E-state index in [4.69, 9.17) is 11.6 Å². The molecular formula is C15H13BrClN3O. The number of nitrogens with zero attached hydrogens (tertiary/aromatic N) is 3. The average molecular weight is 367 g/mol. The largest absolute Gasteiger partial charge is 1.00 e. The van der Waals surface area contributed by atoms with Gasteiger partial charge in [-0.1, -0.05) is 17.7 Å². The van der Waals surface area contributed by atoms with Crippen LogP contribution in [0.25, 0.3) is 10.9 Å². The summed E-state index contributed by atoms with van der Waals surface area (Å²) in [6.45, 7) is 1.29. The molecule has 0 aliphatic carbocycles. The molecule has 0 fully saturated rings. The van der Waals surface area contributed by atoms with Crippen molar-refractivity contribution in [2.45, 2.75) is 13.1 Å². The van der Waals surface area contributed by atoms with Crippen LogP contribution in [0.2, 0.25) is 5.02 Å². The molecule has 3 rings (SSSR count). The van der Waals surface area contributed by atoms with Crippen LogP contribution in [0.1, 0.15) is 0 Å². The van der Waals surface area contributed by atoms with Crippen LogP contribution in [-0.4, -0.2) is 9.55 Å². The third-order valence-electron chi connectivity index (χ3n) is 3.16. The maximum Gasteiger partial charge on any atom is 0.261 e. The minimum atomic E-state index is -0.0611. The zero-order valence-electron chi connectivity index (χ0n) is 11.1. The highest BCUT2D eigenvalue weighted by molar-refractivity contribution is 6.31. The molecule has 0 radical (unpaired) electrons. The molecule has 0 aliphatic rings. The van der Waals surface area contributed by atoms with Gasteiger partial charge in [0.05, 0.1) is 23.8 Å². The highest BCUT2D eigenvalue weighted by Crippen LogP contribution is 2.13. The third-order valence-corrected chi connectivity index (χ3v) is 3.40. The Morgan fingerprint density at radius 2 is 1.95 bits per heavy atom. The number of benzene rings is 1. The van der Waals surface area contributed by atoms with E-state index in [9.17, 15) is 4.79 Å². The fourth-order valence-corrected chi connectivity index (χ4v) is 2.27. The van der Waals surface area contributed by atoms with Crippen LogP contribution >= 0.6 is 11.6 Å². The van der Waals surface area contributed by atoms with Crippen LogP contribution < -0.4 is 27.1 Å². The van der Waals surface area contributed by atoms with Crippen molar-refractivity contribution in [2.24, 2.45) is 0 Å². The van der Waals surface area contributed by atoms with Gasteiger partial charge in [0.15, 0.2) is 18.9 Å².